The summed E-state index contributed by atoms with van der Waals surface area (Å²) >= 11 is 0. The van der Waals surface area contributed by atoms with Crippen molar-refractivity contribution < 1.29 is 14.0 Å². The first-order valence-corrected chi connectivity index (χ1v) is 8.99. The van der Waals surface area contributed by atoms with Crippen LogP contribution in [0.3, 0.4) is 0 Å². The van der Waals surface area contributed by atoms with Gasteiger partial charge in [0.05, 0.1) is 0 Å². The molecule has 0 radical (unpaired) electrons. The van der Waals surface area contributed by atoms with Gasteiger partial charge in [0.2, 0.25) is 0 Å². The van der Waals surface area contributed by atoms with Crippen LogP contribution in [0.4, 0.5) is 4.39 Å². The van der Waals surface area contributed by atoms with Gasteiger partial charge < -0.3 is 10.6 Å². The van der Waals surface area contributed by atoms with E-state index in [0.717, 1.165) is 12.8 Å². The highest BCUT2D eigenvalue weighted by molar-refractivity contribution is 5.95. The number of hydrogen-bond donors (Lipinski definition) is 2. The molecule has 1 aliphatic carbocycles. The van der Waals surface area contributed by atoms with Gasteiger partial charge in [-0.3, -0.25) is 9.59 Å². The largest absolute Gasteiger partial charge is 0.350 e. The van der Waals surface area contributed by atoms with Crippen LogP contribution in [0.15, 0.2) is 36.4 Å². The lowest BCUT2D eigenvalue weighted by atomic mass is 9.90. The third kappa shape index (κ3) is 4.28. The van der Waals surface area contributed by atoms with E-state index in [0.29, 0.717) is 17.7 Å². The third-order valence-corrected chi connectivity index (χ3v) is 4.74. The Balaban J connectivity index is 1.48. The van der Waals surface area contributed by atoms with Gasteiger partial charge in [-0.05, 0) is 73.6 Å². The predicted octanol–water partition coefficient (Wildman–Crippen LogP) is 3.17. The van der Waals surface area contributed by atoms with E-state index in [4.69, 9.17) is 0 Å². The van der Waals surface area contributed by atoms with Crippen molar-refractivity contribution in [2.75, 3.05) is 13.1 Å². The maximum absolute atomic E-state index is 13.5. The average Bonchev–Trinajstić information content (AvgIpc) is 2.66. The fourth-order valence-electron chi connectivity index (χ4n) is 3.16. The van der Waals surface area contributed by atoms with Crippen LogP contribution in [0.1, 0.15) is 50.2 Å². The van der Waals surface area contributed by atoms with Crippen LogP contribution in [-0.2, 0) is 12.8 Å². The summed E-state index contributed by atoms with van der Waals surface area (Å²) in [4.78, 5) is 24.2. The number of carbonyl (C=O) groups excluding carboxylic acids is 2. The first-order chi connectivity index (χ1) is 12.5. The fraction of sp³-hybridized carbons (Fsp3) is 0.333. The summed E-state index contributed by atoms with van der Waals surface area (Å²) in [6.45, 7) is 2.24. The highest BCUT2D eigenvalue weighted by Gasteiger charge is 2.13. The number of rotatable bonds is 5. The Morgan fingerprint density at radius 2 is 1.46 bits per heavy atom. The predicted molar refractivity (Wildman–Crippen MR) is 98.9 cm³/mol. The molecule has 26 heavy (non-hydrogen) atoms. The molecule has 2 N–H and O–H groups in total. The molecule has 4 nitrogen and oxygen atoms in total. The molecule has 0 bridgehead atoms. The molecule has 2 aromatic rings. The maximum atomic E-state index is 13.5. The topological polar surface area (TPSA) is 58.2 Å². The van der Waals surface area contributed by atoms with Crippen molar-refractivity contribution in [2.45, 2.75) is 32.6 Å². The number of hydrogen-bond acceptors (Lipinski definition) is 2. The average molecular weight is 354 g/mol. The van der Waals surface area contributed by atoms with Crippen molar-refractivity contribution in [3.63, 3.8) is 0 Å². The van der Waals surface area contributed by atoms with Crippen LogP contribution in [0, 0.1) is 12.7 Å². The fourth-order valence-corrected chi connectivity index (χ4v) is 3.16. The number of nitrogens with one attached hydrogen (secondary N) is 2. The number of benzene rings is 2. The van der Waals surface area contributed by atoms with E-state index in [1.165, 1.54) is 30.0 Å². The van der Waals surface area contributed by atoms with Crippen LogP contribution < -0.4 is 10.6 Å². The lowest BCUT2D eigenvalue weighted by Crippen LogP contribution is -2.34. The summed E-state index contributed by atoms with van der Waals surface area (Å²) in [7, 11) is 0. The number of amides is 2. The van der Waals surface area contributed by atoms with Crippen molar-refractivity contribution in [3.05, 3.63) is 70.0 Å². The molecule has 0 saturated carbocycles. The van der Waals surface area contributed by atoms with Crippen molar-refractivity contribution in [1.82, 2.24) is 10.6 Å². The van der Waals surface area contributed by atoms with E-state index >= 15 is 0 Å². The minimum absolute atomic E-state index is 0.144. The zero-order valence-corrected chi connectivity index (χ0v) is 14.9. The summed E-state index contributed by atoms with van der Waals surface area (Å²) < 4.78 is 13.5. The second kappa shape index (κ2) is 8.13. The van der Waals surface area contributed by atoms with Crippen LogP contribution in [0.2, 0.25) is 0 Å². The van der Waals surface area contributed by atoms with Gasteiger partial charge in [0.25, 0.3) is 11.8 Å². The molecule has 0 aromatic heterocycles. The molecule has 0 unspecified atom stereocenters. The molecule has 0 saturated heterocycles. The lowest BCUT2D eigenvalue weighted by molar-refractivity contribution is 0.0927. The van der Waals surface area contributed by atoms with Gasteiger partial charge in [-0.15, -0.1) is 0 Å². The van der Waals surface area contributed by atoms with Crippen molar-refractivity contribution >= 4 is 11.8 Å². The smallest absolute Gasteiger partial charge is 0.251 e. The standard InChI is InChI=1S/C21H23FN2O2/c1-14-6-7-18(13-19(14)22)21(26)24-11-10-23-20(25)17-9-8-15-4-2-3-5-16(15)12-17/h6-9,12-13H,2-5,10-11H2,1H3,(H,23,25)(H,24,26). The first kappa shape index (κ1) is 18.1. The van der Waals surface area contributed by atoms with Crippen LogP contribution in [0.25, 0.3) is 0 Å². The molecule has 2 amide bonds. The zero-order chi connectivity index (χ0) is 18.5. The molecule has 1 aliphatic rings. The van der Waals surface area contributed by atoms with Crippen molar-refractivity contribution in [3.8, 4) is 0 Å². The number of aryl methyl sites for hydroxylation is 3. The van der Waals surface area contributed by atoms with E-state index in [2.05, 4.69) is 10.6 Å². The van der Waals surface area contributed by atoms with Gasteiger partial charge in [-0.2, -0.15) is 0 Å². The molecule has 3 rings (SSSR count). The minimum atomic E-state index is -0.404. The zero-order valence-electron chi connectivity index (χ0n) is 14.9. The highest BCUT2D eigenvalue weighted by atomic mass is 19.1. The van der Waals surface area contributed by atoms with Crippen LogP contribution >= 0.6 is 0 Å². The third-order valence-electron chi connectivity index (χ3n) is 4.74. The van der Waals surface area contributed by atoms with E-state index in [1.54, 1.807) is 19.1 Å². The Labute approximate surface area is 152 Å². The van der Waals surface area contributed by atoms with E-state index in [9.17, 15) is 14.0 Å². The Morgan fingerprint density at radius 3 is 2.12 bits per heavy atom. The summed E-state index contributed by atoms with van der Waals surface area (Å²) in [5.41, 5.74) is 4.02. The molecular formula is C21H23FN2O2. The van der Waals surface area contributed by atoms with E-state index < -0.39 is 5.82 Å². The monoisotopic (exact) mass is 354 g/mol. The Kier molecular flexibility index (Phi) is 5.66. The normalized spacial score (nSPS) is 13.0. The van der Waals surface area contributed by atoms with Gasteiger partial charge in [0.1, 0.15) is 5.82 Å². The quantitative estimate of drug-likeness (QED) is 0.811. The first-order valence-electron chi connectivity index (χ1n) is 8.99. The molecule has 136 valence electrons. The van der Waals surface area contributed by atoms with E-state index in [1.807, 2.05) is 18.2 Å². The highest BCUT2D eigenvalue weighted by Crippen LogP contribution is 2.22. The van der Waals surface area contributed by atoms with Crippen molar-refractivity contribution in [2.24, 2.45) is 0 Å². The summed E-state index contributed by atoms with van der Waals surface area (Å²) in [5, 5.41) is 5.49. The molecule has 0 spiro atoms. The van der Waals surface area contributed by atoms with Gasteiger partial charge in [-0.1, -0.05) is 12.1 Å². The number of fused-ring (bicyclic) bond motifs is 1. The molecule has 2 aromatic carbocycles. The summed E-state index contributed by atoms with van der Waals surface area (Å²) in [5.74, 6) is -0.903. The minimum Gasteiger partial charge on any atom is -0.350 e. The number of halogens is 1. The van der Waals surface area contributed by atoms with Gasteiger partial charge in [-0.25, -0.2) is 4.39 Å². The maximum Gasteiger partial charge on any atom is 0.251 e. The Morgan fingerprint density at radius 1 is 0.885 bits per heavy atom. The SMILES string of the molecule is Cc1ccc(C(=O)NCCNC(=O)c2ccc3c(c2)CCCC3)cc1F. The summed E-state index contributed by atoms with van der Waals surface area (Å²) in [6.07, 6.45) is 4.50. The van der Waals surface area contributed by atoms with Gasteiger partial charge in [0.15, 0.2) is 0 Å². The van der Waals surface area contributed by atoms with Crippen molar-refractivity contribution in [1.29, 1.82) is 0 Å². The molecule has 0 fully saturated rings. The Bertz CT molecular complexity index is 833. The van der Waals surface area contributed by atoms with Gasteiger partial charge in [0, 0.05) is 24.2 Å². The molecule has 0 heterocycles. The van der Waals surface area contributed by atoms with Gasteiger partial charge >= 0.3 is 0 Å². The molecular weight excluding hydrogens is 331 g/mol. The van der Waals surface area contributed by atoms with Crippen LogP contribution in [-0.4, -0.2) is 24.9 Å². The second-order valence-corrected chi connectivity index (χ2v) is 6.67. The van der Waals surface area contributed by atoms with E-state index in [-0.39, 0.29) is 23.9 Å². The Hall–Kier alpha value is -2.69. The molecule has 5 heteroatoms. The van der Waals surface area contributed by atoms with Crippen LogP contribution in [0.5, 0.6) is 0 Å². The lowest BCUT2D eigenvalue weighted by Gasteiger charge is -2.16. The second-order valence-electron chi connectivity index (χ2n) is 6.67. The molecule has 0 aliphatic heterocycles. The molecule has 0 atom stereocenters. The number of carbonyl (C=O) groups is 2. The summed E-state index contributed by atoms with van der Waals surface area (Å²) in [6, 6.07) is 10.2.